The topological polar surface area (TPSA) is 34.1 Å². The average Bonchev–Trinajstić information content (AvgIpc) is 2.39. The molecule has 88 valence electrons. The Labute approximate surface area is 105 Å². The van der Waals surface area contributed by atoms with E-state index in [0.717, 1.165) is 16.4 Å². The van der Waals surface area contributed by atoms with Crippen molar-refractivity contribution in [3.63, 3.8) is 0 Å². The van der Waals surface area contributed by atoms with Crippen molar-refractivity contribution in [3.8, 4) is 0 Å². The van der Waals surface area contributed by atoms with Gasteiger partial charge in [-0.3, -0.25) is 0 Å². The van der Waals surface area contributed by atoms with Gasteiger partial charge in [-0.05, 0) is 28.5 Å². The summed E-state index contributed by atoms with van der Waals surface area (Å²) in [6, 6.07) is 18.1. The highest BCUT2D eigenvalue weighted by Gasteiger charge is 2.14. The van der Waals surface area contributed by atoms with Gasteiger partial charge >= 0.3 is 0 Å². The van der Waals surface area contributed by atoms with Crippen molar-refractivity contribution in [2.24, 2.45) is 0 Å². The Morgan fingerprint density at radius 3 is 1.94 bits per heavy atom. The van der Waals surface area contributed by atoms with E-state index < -0.39 is 8.87 Å². The van der Waals surface area contributed by atoms with E-state index in [0.29, 0.717) is 10.6 Å². The molecule has 17 heavy (non-hydrogen) atoms. The van der Waals surface area contributed by atoms with E-state index in [1.807, 2.05) is 30.3 Å². The molecule has 2 rings (SSSR count). The maximum absolute atomic E-state index is 12.0. The van der Waals surface area contributed by atoms with Crippen molar-refractivity contribution < 1.29 is 8.42 Å². The Bertz CT molecular complexity index is 563. The van der Waals surface area contributed by atoms with Crippen molar-refractivity contribution in [1.29, 1.82) is 0 Å². The molecule has 0 aliphatic carbocycles. The van der Waals surface area contributed by atoms with E-state index in [1.165, 1.54) is 0 Å². The molecule has 0 heterocycles. The van der Waals surface area contributed by atoms with Gasteiger partial charge in [-0.25, -0.2) is 8.42 Å². The van der Waals surface area contributed by atoms with Crippen LogP contribution in [0.4, 0.5) is 0 Å². The van der Waals surface area contributed by atoms with Crippen LogP contribution in [0.1, 0.15) is 5.56 Å². The minimum absolute atomic E-state index is 0.362. The third kappa shape index (κ3) is 3.35. The van der Waals surface area contributed by atoms with Crippen molar-refractivity contribution >= 4 is 19.7 Å². The van der Waals surface area contributed by atoms with Crippen molar-refractivity contribution in [2.75, 3.05) is 0 Å². The molecule has 0 saturated carbocycles. The lowest BCUT2D eigenvalue weighted by atomic mass is 10.2. The monoisotopic (exact) mass is 264 g/mol. The lowest BCUT2D eigenvalue weighted by molar-refractivity contribution is 0.610. The summed E-state index contributed by atoms with van der Waals surface area (Å²) in [5, 5.41) is 0. The SMILES string of the molecule is O=S(=O)(SCc1ccccc1)c1ccccc1. The molecule has 0 bridgehead atoms. The Kier molecular flexibility index (Phi) is 3.86. The van der Waals surface area contributed by atoms with Crippen LogP contribution in [-0.2, 0) is 14.6 Å². The fraction of sp³-hybridized carbons (Fsp3) is 0.0769. The number of hydrogen-bond acceptors (Lipinski definition) is 3. The Hall–Kier alpha value is -1.26. The lowest BCUT2D eigenvalue weighted by Gasteiger charge is -2.03. The summed E-state index contributed by atoms with van der Waals surface area (Å²) in [7, 11) is -2.28. The van der Waals surface area contributed by atoms with E-state index in [4.69, 9.17) is 0 Å². The van der Waals surface area contributed by atoms with Crippen LogP contribution in [-0.4, -0.2) is 8.42 Å². The first-order valence-electron chi connectivity index (χ1n) is 5.17. The molecule has 2 aromatic rings. The second kappa shape index (κ2) is 5.38. The minimum atomic E-state index is -3.24. The fourth-order valence-corrected chi connectivity index (χ4v) is 4.10. The predicted octanol–water partition coefficient (Wildman–Crippen LogP) is 3.31. The molecule has 0 N–H and O–H groups in total. The molecule has 0 aliphatic heterocycles. The van der Waals surface area contributed by atoms with Crippen LogP contribution in [0.25, 0.3) is 0 Å². The van der Waals surface area contributed by atoms with E-state index >= 15 is 0 Å². The van der Waals surface area contributed by atoms with Crippen molar-refractivity contribution in [1.82, 2.24) is 0 Å². The zero-order valence-electron chi connectivity index (χ0n) is 9.11. The van der Waals surface area contributed by atoms with Gasteiger partial charge in [0.15, 0.2) is 0 Å². The zero-order valence-corrected chi connectivity index (χ0v) is 10.7. The number of rotatable bonds is 4. The van der Waals surface area contributed by atoms with Gasteiger partial charge in [-0.2, -0.15) is 0 Å². The second-order valence-corrected chi connectivity index (χ2v) is 7.44. The molecule has 0 fully saturated rings. The third-order valence-electron chi connectivity index (χ3n) is 2.26. The fourth-order valence-electron chi connectivity index (χ4n) is 1.38. The summed E-state index contributed by atoms with van der Waals surface area (Å²) in [6.07, 6.45) is 0. The number of hydrogen-bond donors (Lipinski definition) is 0. The molecule has 0 aliphatic rings. The highest BCUT2D eigenvalue weighted by molar-refractivity contribution is 8.71. The van der Waals surface area contributed by atoms with Gasteiger partial charge in [-0.15, -0.1) is 0 Å². The lowest BCUT2D eigenvalue weighted by Crippen LogP contribution is -1.95. The van der Waals surface area contributed by atoms with Gasteiger partial charge in [0.25, 0.3) is 0 Å². The van der Waals surface area contributed by atoms with Crippen molar-refractivity contribution in [3.05, 3.63) is 66.2 Å². The normalized spacial score (nSPS) is 11.3. The van der Waals surface area contributed by atoms with Gasteiger partial charge in [0.05, 0.1) is 4.90 Å². The molecule has 0 spiro atoms. The molecule has 0 atom stereocenters. The zero-order chi connectivity index (χ0) is 12.1. The summed E-state index contributed by atoms with van der Waals surface area (Å²) in [6.45, 7) is 0. The van der Waals surface area contributed by atoms with Gasteiger partial charge < -0.3 is 0 Å². The molecule has 0 amide bonds. The first-order valence-corrected chi connectivity index (χ1v) is 8.15. The van der Waals surface area contributed by atoms with Gasteiger partial charge in [0.1, 0.15) is 0 Å². The van der Waals surface area contributed by atoms with E-state index in [1.54, 1.807) is 30.3 Å². The summed E-state index contributed by atoms with van der Waals surface area (Å²) in [4.78, 5) is 0.362. The molecule has 0 saturated heterocycles. The number of benzene rings is 2. The van der Waals surface area contributed by atoms with Gasteiger partial charge in [0, 0.05) is 5.75 Å². The van der Waals surface area contributed by atoms with Crippen LogP contribution in [0.2, 0.25) is 0 Å². The van der Waals surface area contributed by atoms with Crippen LogP contribution in [0.5, 0.6) is 0 Å². The minimum Gasteiger partial charge on any atom is -0.212 e. The van der Waals surface area contributed by atoms with E-state index in [-0.39, 0.29) is 0 Å². The Morgan fingerprint density at radius 1 is 0.824 bits per heavy atom. The maximum atomic E-state index is 12.0. The molecular formula is C13H12O2S2. The average molecular weight is 264 g/mol. The van der Waals surface area contributed by atoms with E-state index in [9.17, 15) is 8.42 Å². The third-order valence-corrected chi connectivity index (χ3v) is 5.73. The summed E-state index contributed by atoms with van der Waals surface area (Å²) in [5.41, 5.74) is 1.01. The molecule has 0 unspecified atom stereocenters. The van der Waals surface area contributed by atoms with Gasteiger partial charge in [-0.1, -0.05) is 48.5 Å². The Morgan fingerprint density at radius 2 is 1.35 bits per heavy atom. The molecule has 2 nitrogen and oxygen atoms in total. The molecule has 0 aromatic heterocycles. The largest absolute Gasteiger partial charge is 0.230 e. The van der Waals surface area contributed by atoms with Gasteiger partial charge in [0.2, 0.25) is 8.87 Å². The van der Waals surface area contributed by atoms with Crippen LogP contribution in [0.3, 0.4) is 0 Å². The van der Waals surface area contributed by atoms with Crippen LogP contribution < -0.4 is 0 Å². The van der Waals surface area contributed by atoms with Crippen LogP contribution in [0, 0.1) is 0 Å². The van der Waals surface area contributed by atoms with Crippen LogP contribution in [0.15, 0.2) is 65.6 Å². The van der Waals surface area contributed by atoms with E-state index in [2.05, 4.69) is 0 Å². The first kappa shape index (κ1) is 12.2. The van der Waals surface area contributed by atoms with Crippen molar-refractivity contribution in [2.45, 2.75) is 10.6 Å². The summed E-state index contributed by atoms with van der Waals surface area (Å²) in [5.74, 6) is 0.470. The Balaban J connectivity index is 2.09. The smallest absolute Gasteiger partial charge is 0.212 e. The summed E-state index contributed by atoms with van der Waals surface area (Å²) >= 11 is 0. The second-order valence-electron chi connectivity index (χ2n) is 3.51. The maximum Gasteiger partial charge on any atom is 0.230 e. The predicted molar refractivity (Wildman–Crippen MR) is 71.4 cm³/mol. The quantitative estimate of drug-likeness (QED) is 0.795. The molecule has 0 radical (unpaired) electrons. The van der Waals surface area contributed by atoms with Crippen LogP contribution >= 0.6 is 10.8 Å². The molecule has 4 heteroatoms. The molecular weight excluding hydrogens is 252 g/mol. The highest BCUT2D eigenvalue weighted by Crippen LogP contribution is 2.26. The molecule has 2 aromatic carbocycles. The highest BCUT2D eigenvalue weighted by atomic mass is 33.1. The summed E-state index contributed by atoms with van der Waals surface area (Å²) < 4.78 is 23.9. The first-order chi connectivity index (χ1) is 8.18. The standard InChI is InChI=1S/C13H12O2S2/c14-17(15,13-9-5-2-6-10-13)16-11-12-7-3-1-4-8-12/h1-10H,11H2.